The van der Waals surface area contributed by atoms with Crippen LogP contribution in [0.1, 0.15) is 33.6 Å². The summed E-state index contributed by atoms with van der Waals surface area (Å²) in [7, 11) is 0. The molecule has 15 heavy (non-hydrogen) atoms. The fourth-order valence-corrected chi connectivity index (χ4v) is 1.61. The van der Waals surface area contributed by atoms with E-state index >= 15 is 0 Å². The van der Waals surface area contributed by atoms with Gasteiger partial charge in [-0.2, -0.15) is 0 Å². The van der Waals surface area contributed by atoms with Gasteiger partial charge >= 0.3 is 0 Å². The molecule has 0 radical (unpaired) electrons. The second-order valence-electron chi connectivity index (χ2n) is 5.49. The van der Waals surface area contributed by atoms with Crippen LogP contribution >= 0.6 is 0 Å². The summed E-state index contributed by atoms with van der Waals surface area (Å²) in [6.07, 6.45) is 5.58. The van der Waals surface area contributed by atoms with E-state index < -0.39 is 0 Å². The molecule has 1 amide bonds. The minimum Gasteiger partial charge on any atom is -0.356 e. The van der Waals surface area contributed by atoms with Crippen molar-refractivity contribution in [2.75, 3.05) is 6.54 Å². The molecule has 3 N–H and O–H groups in total. The molecule has 0 bridgehead atoms. The largest absolute Gasteiger partial charge is 0.356 e. The van der Waals surface area contributed by atoms with Gasteiger partial charge in [0.2, 0.25) is 5.91 Å². The van der Waals surface area contributed by atoms with Gasteiger partial charge in [-0.15, -0.1) is 0 Å². The second-order valence-corrected chi connectivity index (χ2v) is 5.49. The summed E-state index contributed by atoms with van der Waals surface area (Å²) < 4.78 is 0. The van der Waals surface area contributed by atoms with Gasteiger partial charge in [0.15, 0.2) is 0 Å². The summed E-state index contributed by atoms with van der Waals surface area (Å²) in [6.45, 7) is 7.27. The maximum atomic E-state index is 11.7. The Balaban J connectivity index is 2.23. The first kappa shape index (κ1) is 12.2. The van der Waals surface area contributed by atoms with E-state index in [1.54, 1.807) is 0 Å². The summed E-state index contributed by atoms with van der Waals surface area (Å²) >= 11 is 0. The molecule has 1 rings (SSSR count). The number of nitrogens with two attached hydrogens (primary N) is 1. The van der Waals surface area contributed by atoms with Crippen molar-refractivity contribution in [2.24, 2.45) is 17.1 Å². The van der Waals surface area contributed by atoms with Crippen molar-refractivity contribution in [3.05, 3.63) is 12.2 Å². The first-order valence-electron chi connectivity index (χ1n) is 5.60. The van der Waals surface area contributed by atoms with Crippen LogP contribution in [0.3, 0.4) is 0 Å². The Bertz CT molecular complexity index is 253. The zero-order chi connectivity index (χ0) is 11.5. The predicted molar refractivity (Wildman–Crippen MR) is 62.3 cm³/mol. The Hall–Kier alpha value is -0.830. The number of hydrogen-bond acceptors (Lipinski definition) is 2. The maximum absolute atomic E-state index is 11.7. The highest BCUT2D eigenvalue weighted by atomic mass is 16.1. The highest BCUT2D eigenvalue weighted by Gasteiger charge is 2.22. The van der Waals surface area contributed by atoms with Crippen LogP contribution in [0, 0.1) is 11.3 Å². The fraction of sp³-hybridized carbons (Fsp3) is 0.750. The smallest absolute Gasteiger partial charge is 0.226 e. The lowest BCUT2D eigenvalue weighted by Crippen LogP contribution is -2.32. The summed E-state index contributed by atoms with van der Waals surface area (Å²) in [5.74, 6) is 0.100. The van der Waals surface area contributed by atoms with Crippen molar-refractivity contribution >= 4 is 5.91 Å². The number of hydrogen-bond donors (Lipinski definition) is 2. The topological polar surface area (TPSA) is 55.1 Å². The molecule has 2 unspecified atom stereocenters. The van der Waals surface area contributed by atoms with Gasteiger partial charge in [0, 0.05) is 12.6 Å². The molecule has 1 aliphatic carbocycles. The molecular weight excluding hydrogens is 188 g/mol. The number of nitrogens with one attached hydrogen (secondary N) is 1. The average molecular weight is 210 g/mol. The summed E-state index contributed by atoms with van der Waals surface area (Å²) in [5.41, 5.74) is 5.97. The molecular formula is C12H22N2O. The van der Waals surface area contributed by atoms with Crippen molar-refractivity contribution in [3.8, 4) is 0 Å². The Morgan fingerprint density at radius 1 is 1.47 bits per heavy atom. The molecule has 0 aromatic rings. The SMILES string of the molecule is CC(C)(C)CCNC(=O)C1C=CC(N)C1. The maximum Gasteiger partial charge on any atom is 0.226 e. The van der Waals surface area contributed by atoms with Crippen molar-refractivity contribution < 1.29 is 4.79 Å². The molecule has 0 heterocycles. The van der Waals surface area contributed by atoms with E-state index in [4.69, 9.17) is 5.73 Å². The summed E-state index contributed by atoms with van der Waals surface area (Å²) in [4.78, 5) is 11.7. The number of rotatable bonds is 3. The van der Waals surface area contributed by atoms with Gasteiger partial charge in [-0.3, -0.25) is 4.79 Å². The zero-order valence-electron chi connectivity index (χ0n) is 9.92. The molecule has 0 aromatic carbocycles. The zero-order valence-corrected chi connectivity index (χ0v) is 9.92. The van der Waals surface area contributed by atoms with Crippen molar-refractivity contribution in [1.82, 2.24) is 5.32 Å². The normalized spacial score (nSPS) is 25.6. The van der Waals surface area contributed by atoms with Gasteiger partial charge < -0.3 is 11.1 Å². The van der Waals surface area contributed by atoms with E-state index in [9.17, 15) is 4.79 Å². The molecule has 0 aromatic heterocycles. The average Bonchev–Trinajstić information content (AvgIpc) is 2.49. The molecule has 86 valence electrons. The highest BCUT2D eigenvalue weighted by molar-refractivity contribution is 5.81. The fourth-order valence-electron chi connectivity index (χ4n) is 1.61. The molecule has 3 heteroatoms. The quantitative estimate of drug-likeness (QED) is 0.693. The van der Waals surface area contributed by atoms with Crippen LogP contribution in [0.2, 0.25) is 0 Å². The van der Waals surface area contributed by atoms with Crippen LogP contribution in [-0.4, -0.2) is 18.5 Å². The monoisotopic (exact) mass is 210 g/mol. The van der Waals surface area contributed by atoms with Crippen LogP contribution in [0.4, 0.5) is 0 Å². The first-order chi connectivity index (χ1) is 6.88. The number of carbonyl (C=O) groups is 1. The van der Waals surface area contributed by atoms with Gasteiger partial charge in [-0.05, 0) is 18.3 Å². The van der Waals surface area contributed by atoms with Crippen molar-refractivity contribution in [1.29, 1.82) is 0 Å². The highest BCUT2D eigenvalue weighted by Crippen LogP contribution is 2.18. The van der Waals surface area contributed by atoms with Crippen molar-refractivity contribution in [2.45, 2.75) is 39.7 Å². The van der Waals surface area contributed by atoms with Gasteiger partial charge in [0.05, 0.1) is 5.92 Å². The van der Waals surface area contributed by atoms with E-state index in [1.165, 1.54) is 0 Å². The molecule has 0 saturated carbocycles. The molecule has 2 atom stereocenters. The predicted octanol–water partition coefficient (Wildman–Crippen LogP) is 1.44. The standard InChI is InChI=1S/C12H22N2O/c1-12(2,3)6-7-14-11(15)9-4-5-10(13)8-9/h4-5,9-10H,6-8,13H2,1-3H3,(H,14,15). The summed E-state index contributed by atoms with van der Waals surface area (Å²) in [6, 6.07) is 0.0587. The Labute approximate surface area is 92.1 Å². The third-order valence-electron chi connectivity index (χ3n) is 2.63. The van der Waals surface area contributed by atoms with Gasteiger partial charge in [-0.25, -0.2) is 0 Å². The van der Waals surface area contributed by atoms with Crippen LogP contribution in [0.5, 0.6) is 0 Å². The lowest BCUT2D eigenvalue weighted by atomic mass is 9.92. The van der Waals surface area contributed by atoms with E-state index in [1.807, 2.05) is 12.2 Å². The van der Waals surface area contributed by atoms with Crippen LogP contribution in [0.15, 0.2) is 12.2 Å². The minimum atomic E-state index is -0.0139. The minimum absolute atomic E-state index is 0.0139. The van der Waals surface area contributed by atoms with E-state index in [-0.39, 0.29) is 23.3 Å². The molecule has 0 fully saturated rings. The lowest BCUT2D eigenvalue weighted by molar-refractivity contribution is -0.123. The van der Waals surface area contributed by atoms with Crippen molar-refractivity contribution in [3.63, 3.8) is 0 Å². The van der Waals surface area contributed by atoms with Crippen LogP contribution in [-0.2, 0) is 4.79 Å². The molecule has 1 aliphatic rings. The number of amides is 1. The van der Waals surface area contributed by atoms with Crippen LogP contribution in [0.25, 0.3) is 0 Å². The van der Waals surface area contributed by atoms with E-state index in [2.05, 4.69) is 26.1 Å². The Kier molecular flexibility index (Phi) is 3.91. The molecule has 3 nitrogen and oxygen atoms in total. The van der Waals surface area contributed by atoms with Gasteiger partial charge in [0.25, 0.3) is 0 Å². The third kappa shape index (κ3) is 4.47. The molecule has 0 saturated heterocycles. The third-order valence-corrected chi connectivity index (χ3v) is 2.63. The second kappa shape index (κ2) is 4.79. The van der Waals surface area contributed by atoms with E-state index in [0.717, 1.165) is 19.4 Å². The Morgan fingerprint density at radius 3 is 2.60 bits per heavy atom. The Morgan fingerprint density at radius 2 is 2.13 bits per heavy atom. The number of carbonyl (C=O) groups excluding carboxylic acids is 1. The van der Waals surface area contributed by atoms with Crippen LogP contribution < -0.4 is 11.1 Å². The van der Waals surface area contributed by atoms with Gasteiger partial charge in [0.1, 0.15) is 0 Å². The molecule has 0 spiro atoms. The van der Waals surface area contributed by atoms with E-state index in [0.29, 0.717) is 0 Å². The van der Waals surface area contributed by atoms with Gasteiger partial charge in [-0.1, -0.05) is 32.9 Å². The molecule has 0 aliphatic heterocycles. The first-order valence-corrected chi connectivity index (χ1v) is 5.60. The summed E-state index contributed by atoms with van der Waals surface area (Å²) in [5, 5.41) is 2.96. The lowest BCUT2D eigenvalue weighted by Gasteiger charge is -2.19.